The number of nitrogens with one attached hydrogen (secondary N) is 1. The monoisotopic (exact) mass is 305 g/mol. The van der Waals surface area contributed by atoms with E-state index in [9.17, 15) is 4.79 Å². The SMILES string of the molecule is CCOc1ccc(CNC(=O)CC2CCCCC2)cc1OC. The van der Waals surface area contributed by atoms with Gasteiger partial charge in [0.2, 0.25) is 5.91 Å². The fourth-order valence-electron chi connectivity index (χ4n) is 3.02. The van der Waals surface area contributed by atoms with E-state index in [1.807, 2.05) is 25.1 Å². The molecule has 1 saturated carbocycles. The molecule has 0 atom stereocenters. The van der Waals surface area contributed by atoms with E-state index in [4.69, 9.17) is 9.47 Å². The molecule has 1 aliphatic rings. The van der Waals surface area contributed by atoms with Crippen LogP contribution in [0.1, 0.15) is 51.0 Å². The van der Waals surface area contributed by atoms with Crippen LogP contribution in [-0.2, 0) is 11.3 Å². The Kier molecular flexibility index (Phi) is 6.56. The van der Waals surface area contributed by atoms with Crippen LogP contribution in [0, 0.1) is 5.92 Å². The summed E-state index contributed by atoms with van der Waals surface area (Å²) < 4.78 is 10.8. The van der Waals surface area contributed by atoms with Crippen LogP contribution in [0.2, 0.25) is 0 Å². The smallest absolute Gasteiger partial charge is 0.220 e. The Morgan fingerprint density at radius 2 is 2.00 bits per heavy atom. The Bertz CT molecular complexity index is 481. The minimum atomic E-state index is 0.153. The maximum absolute atomic E-state index is 12.0. The van der Waals surface area contributed by atoms with Gasteiger partial charge in [0.05, 0.1) is 13.7 Å². The highest BCUT2D eigenvalue weighted by Gasteiger charge is 2.16. The van der Waals surface area contributed by atoms with Crippen LogP contribution in [0.15, 0.2) is 18.2 Å². The Hall–Kier alpha value is -1.71. The van der Waals surface area contributed by atoms with Crippen molar-refractivity contribution in [3.63, 3.8) is 0 Å². The van der Waals surface area contributed by atoms with Crippen molar-refractivity contribution in [1.29, 1.82) is 0 Å². The van der Waals surface area contributed by atoms with Crippen molar-refractivity contribution < 1.29 is 14.3 Å². The highest BCUT2D eigenvalue weighted by Crippen LogP contribution is 2.28. The lowest BCUT2D eigenvalue weighted by Crippen LogP contribution is -2.25. The van der Waals surface area contributed by atoms with Crippen molar-refractivity contribution in [3.05, 3.63) is 23.8 Å². The summed E-state index contributed by atoms with van der Waals surface area (Å²) >= 11 is 0. The van der Waals surface area contributed by atoms with Gasteiger partial charge in [0.15, 0.2) is 11.5 Å². The predicted octanol–water partition coefficient (Wildman–Crippen LogP) is 3.68. The fourth-order valence-corrected chi connectivity index (χ4v) is 3.02. The van der Waals surface area contributed by atoms with E-state index < -0.39 is 0 Å². The number of amides is 1. The van der Waals surface area contributed by atoms with Crippen molar-refractivity contribution in [2.75, 3.05) is 13.7 Å². The lowest BCUT2D eigenvalue weighted by atomic mass is 9.87. The lowest BCUT2D eigenvalue weighted by molar-refractivity contribution is -0.122. The molecule has 4 heteroatoms. The minimum Gasteiger partial charge on any atom is -0.493 e. The molecule has 1 aromatic carbocycles. The first-order valence-electron chi connectivity index (χ1n) is 8.29. The highest BCUT2D eigenvalue weighted by molar-refractivity contribution is 5.76. The van der Waals surface area contributed by atoms with Crippen molar-refractivity contribution in [3.8, 4) is 11.5 Å². The molecule has 0 saturated heterocycles. The first kappa shape index (κ1) is 16.7. The number of carbonyl (C=O) groups excluding carboxylic acids is 1. The molecule has 0 aromatic heterocycles. The van der Waals surface area contributed by atoms with Gasteiger partial charge in [-0.15, -0.1) is 0 Å². The molecule has 4 nitrogen and oxygen atoms in total. The zero-order valence-electron chi connectivity index (χ0n) is 13.7. The number of carbonyl (C=O) groups is 1. The second kappa shape index (κ2) is 8.66. The molecule has 122 valence electrons. The summed E-state index contributed by atoms with van der Waals surface area (Å²) in [5.74, 6) is 2.17. The third-order valence-electron chi connectivity index (χ3n) is 4.22. The summed E-state index contributed by atoms with van der Waals surface area (Å²) in [6.07, 6.45) is 6.93. The van der Waals surface area contributed by atoms with Gasteiger partial charge < -0.3 is 14.8 Å². The maximum atomic E-state index is 12.0. The molecule has 0 aliphatic heterocycles. The normalized spacial score (nSPS) is 15.4. The molecular weight excluding hydrogens is 278 g/mol. The van der Waals surface area contributed by atoms with Gasteiger partial charge in [-0.1, -0.05) is 25.3 Å². The van der Waals surface area contributed by atoms with Gasteiger partial charge in [-0.25, -0.2) is 0 Å². The minimum absolute atomic E-state index is 0.153. The van der Waals surface area contributed by atoms with Crippen LogP contribution < -0.4 is 14.8 Å². The summed E-state index contributed by atoms with van der Waals surface area (Å²) in [4.78, 5) is 12.0. The van der Waals surface area contributed by atoms with Crippen molar-refractivity contribution in [2.24, 2.45) is 5.92 Å². The van der Waals surface area contributed by atoms with Crippen LogP contribution in [0.5, 0.6) is 11.5 Å². The summed E-state index contributed by atoms with van der Waals surface area (Å²) in [5, 5.41) is 3.01. The molecule has 1 aromatic rings. The van der Waals surface area contributed by atoms with Gasteiger partial charge >= 0.3 is 0 Å². The summed E-state index contributed by atoms with van der Waals surface area (Å²) in [7, 11) is 1.63. The Balaban J connectivity index is 1.83. The highest BCUT2D eigenvalue weighted by atomic mass is 16.5. The average Bonchev–Trinajstić information content (AvgIpc) is 2.55. The first-order chi connectivity index (χ1) is 10.7. The Morgan fingerprint density at radius 3 is 2.68 bits per heavy atom. The van der Waals surface area contributed by atoms with Crippen molar-refractivity contribution in [1.82, 2.24) is 5.32 Å². The molecule has 1 amide bonds. The van der Waals surface area contributed by atoms with E-state index in [-0.39, 0.29) is 5.91 Å². The lowest BCUT2D eigenvalue weighted by Gasteiger charge is -2.20. The van der Waals surface area contributed by atoms with Crippen LogP contribution in [0.4, 0.5) is 0 Å². The molecule has 1 N–H and O–H groups in total. The van der Waals surface area contributed by atoms with Crippen LogP contribution in [0.3, 0.4) is 0 Å². The van der Waals surface area contributed by atoms with Crippen molar-refractivity contribution in [2.45, 2.75) is 52.0 Å². The van der Waals surface area contributed by atoms with E-state index in [0.29, 0.717) is 31.2 Å². The molecule has 2 rings (SSSR count). The summed E-state index contributed by atoms with van der Waals surface area (Å²) in [6.45, 7) is 3.08. The molecule has 0 bridgehead atoms. The number of benzene rings is 1. The van der Waals surface area contributed by atoms with E-state index in [2.05, 4.69) is 5.32 Å². The second-order valence-corrected chi connectivity index (χ2v) is 5.90. The average molecular weight is 305 g/mol. The third kappa shape index (κ3) is 4.93. The van der Waals surface area contributed by atoms with E-state index >= 15 is 0 Å². The van der Waals surface area contributed by atoms with E-state index in [0.717, 1.165) is 11.3 Å². The van der Waals surface area contributed by atoms with Gasteiger partial charge in [-0.2, -0.15) is 0 Å². The van der Waals surface area contributed by atoms with Gasteiger partial charge in [0.1, 0.15) is 0 Å². The molecule has 0 spiro atoms. The zero-order chi connectivity index (χ0) is 15.8. The molecule has 0 heterocycles. The van der Waals surface area contributed by atoms with Crippen molar-refractivity contribution >= 4 is 5.91 Å². The standard InChI is InChI=1S/C18H27NO3/c1-3-22-16-10-9-15(11-17(16)21-2)13-19-18(20)12-14-7-5-4-6-8-14/h9-11,14H,3-8,12-13H2,1-2H3,(H,19,20). The molecular formula is C18H27NO3. The topological polar surface area (TPSA) is 47.6 Å². The molecule has 22 heavy (non-hydrogen) atoms. The molecule has 0 unspecified atom stereocenters. The van der Waals surface area contributed by atoms with Gasteiger partial charge in [0, 0.05) is 13.0 Å². The fraction of sp³-hybridized carbons (Fsp3) is 0.611. The van der Waals surface area contributed by atoms with Gasteiger partial charge in [-0.05, 0) is 43.4 Å². The van der Waals surface area contributed by atoms with Gasteiger partial charge in [-0.3, -0.25) is 4.79 Å². The maximum Gasteiger partial charge on any atom is 0.220 e. The van der Waals surface area contributed by atoms with E-state index in [1.165, 1.54) is 32.1 Å². The largest absolute Gasteiger partial charge is 0.493 e. The predicted molar refractivity (Wildman–Crippen MR) is 87.2 cm³/mol. The van der Waals surface area contributed by atoms with Crippen LogP contribution in [-0.4, -0.2) is 19.6 Å². The first-order valence-corrected chi connectivity index (χ1v) is 8.29. The van der Waals surface area contributed by atoms with E-state index in [1.54, 1.807) is 7.11 Å². The van der Waals surface area contributed by atoms with Crippen LogP contribution in [0.25, 0.3) is 0 Å². The summed E-state index contributed by atoms with van der Waals surface area (Å²) in [5.41, 5.74) is 1.03. The summed E-state index contributed by atoms with van der Waals surface area (Å²) in [6, 6.07) is 5.78. The molecule has 1 aliphatic carbocycles. The number of rotatable bonds is 7. The second-order valence-electron chi connectivity index (χ2n) is 5.90. The molecule has 0 radical (unpaired) electrons. The molecule has 1 fully saturated rings. The van der Waals surface area contributed by atoms with Gasteiger partial charge in [0.25, 0.3) is 0 Å². The zero-order valence-corrected chi connectivity index (χ0v) is 13.7. The Labute approximate surface area is 133 Å². The third-order valence-corrected chi connectivity index (χ3v) is 4.22. The number of methoxy groups -OCH3 is 1. The number of ether oxygens (including phenoxy) is 2. The van der Waals surface area contributed by atoms with Crippen LogP contribution >= 0.6 is 0 Å². The number of hydrogen-bond acceptors (Lipinski definition) is 3. The number of hydrogen-bond donors (Lipinski definition) is 1. The quantitative estimate of drug-likeness (QED) is 0.836. The Morgan fingerprint density at radius 1 is 1.23 bits per heavy atom.